The number of nitrogen functional groups attached to an aromatic ring is 1. The maximum absolute atomic E-state index is 12.4. The lowest BCUT2D eigenvalue weighted by Crippen LogP contribution is -2.27. The fourth-order valence-corrected chi connectivity index (χ4v) is 3.82. The summed E-state index contributed by atoms with van der Waals surface area (Å²) in [5, 5.41) is 11.4. The molecule has 0 bridgehead atoms. The first-order chi connectivity index (χ1) is 16.1. The lowest BCUT2D eigenvalue weighted by atomic mass is 10.0. The maximum Gasteiger partial charge on any atom is 0.251 e. The second-order valence-electron chi connectivity index (χ2n) is 8.57. The van der Waals surface area contributed by atoms with Crippen LogP contribution in [0.5, 0.6) is 0 Å². The van der Waals surface area contributed by atoms with Crippen LogP contribution in [0.25, 0.3) is 0 Å². The van der Waals surface area contributed by atoms with E-state index in [9.17, 15) is 4.79 Å². The first-order valence-electron chi connectivity index (χ1n) is 12.2. The van der Waals surface area contributed by atoms with Crippen molar-refractivity contribution in [3.63, 3.8) is 0 Å². The third kappa shape index (κ3) is 9.55. The van der Waals surface area contributed by atoms with Gasteiger partial charge in [-0.05, 0) is 56.2 Å². The molecule has 0 aliphatic rings. The van der Waals surface area contributed by atoms with Crippen LogP contribution in [0.15, 0.2) is 36.7 Å². The minimum absolute atomic E-state index is 0. The Bertz CT molecular complexity index is 968. The van der Waals surface area contributed by atoms with Gasteiger partial charge >= 0.3 is 0 Å². The van der Waals surface area contributed by atoms with E-state index >= 15 is 0 Å². The molecule has 0 aliphatic heterocycles. The third-order valence-electron chi connectivity index (χ3n) is 5.76. The number of carbonyl (C=O) groups excluding carboxylic acids is 1. The first kappa shape index (κ1) is 27.4. The van der Waals surface area contributed by atoms with Gasteiger partial charge in [0.05, 0.1) is 17.9 Å². The van der Waals surface area contributed by atoms with Crippen LogP contribution < -0.4 is 11.1 Å². The smallest absolute Gasteiger partial charge is 0.251 e. The quantitative estimate of drug-likeness (QED) is 0.273. The summed E-state index contributed by atoms with van der Waals surface area (Å²) >= 11 is 0. The molecule has 0 atom stereocenters. The number of aromatic amines is 1. The average molecular weight is 488 g/mol. The molecule has 1 aromatic carbocycles. The Morgan fingerprint density at radius 2 is 1.71 bits per heavy atom. The number of unbranched alkanes of at least 4 members (excludes halogenated alkanes) is 5. The van der Waals surface area contributed by atoms with E-state index in [1.54, 1.807) is 4.68 Å². The molecule has 186 valence electrons. The fourth-order valence-electron chi connectivity index (χ4n) is 3.82. The molecule has 0 spiro atoms. The van der Waals surface area contributed by atoms with Gasteiger partial charge in [0.25, 0.3) is 5.91 Å². The van der Waals surface area contributed by atoms with E-state index in [1.165, 1.54) is 31.2 Å². The highest BCUT2D eigenvalue weighted by atomic mass is 35.5. The predicted octanol–water partition coefficient (Wildman–Crippen LogP) is 4.51. The number of hydrogen-bond acceptors (Lipinski definition) is 5. The summed E-state index contributed by atoms with van der Waals surface area (Å²) in [6.07, 6.45) is 15.0. The van der Waals surface area contributed by atoms with E-state index < -0.39 is 0 Å². The van der Waals surface area contributed by atoms with Crippen LogP contribution in [0.1, 0.15) is 79.2 Å². The molecule has 0 saturated carbocycles. The van der Waals surface area contributed by atoms with Gasteiger partial charge in [0.1, 0.15) is 0 Å². The van der Waals surface area contributed by atoms with Gasteiger partial charge in [-0.15, -0.1) is 17.5 Å². The van der Waals surface area contributed by atoms with E-state index in [0.717, 1.165) is 49.9 Å². The Kier molecular flexibility index (Phi) is 12.2. The minimum atomic E-state index is -0.0495. The van der Waals surface area contributed by atoms with E-state index in [4.69, 9.17) is 5.73 Å². The number of carbonyl (C=O) groups is 1. The number of benzene rings is 1. The van der Waals surface area contributed by atoms with Crippen molar-refractivity contribution < 1.29 is 4.79 Å². The molecule has 3 aromatic rings. The Hall–Kier alpha value is -2.87. The van der Waals surface area contributed by atoms with Crippen molar-refractivity contribution in [2.45, 2.75) is 77.7 Å². The van der Waals surface area contributed by atoms with E-state index in [1.807, 2.05) is 24.5 Å². The van der Waals surface area contributed by atoms with Crippen LogP contribution >= 0.6 is 12.4 Å². The Balaban J connectivity index is 0.00000408. The highest BCUT2D eigenvalue weighted by Crippen LogP contribution is 2.10. The summed E-state index contributed by atoms with van der Waals surface area (Å²) in [5.74, 6) is 0.426. The second kappa shape index (κ2) is 15.1. The van der Waals surface area contributed by atoms with Crippen molar-refractivity contribution in [1.82, 2.24) is 30.3 Å². The summed E-state index contributed by atoms with van der Waals surface area (Å²) in [7, 11) is 0. The average Bonchev–Trinajstić information content (AvgIpc) is 3.45. The highest BCUT2D eigenvalue weighted by molar-refractivity contribution is 5.94. The molecule has 0 aliphatic carbocycles. The van der Waals surface area contributed by atoms with Gasteiger partial charge in [0, 0.05) is 24.5 Å². The standard InChI is InChI=1S/C25H37N7O.ClH/c1-2-3-4-6-9-20-12-14-21(15-13-20)24(33)27-16-17-32-19-23(30-31-32)11-8-5-7-10-22-18-28-25(26)29-22;/h12-15,18-19H,2-11,16-17H2,1H3,(H,27,33)(H3,26,28,29);1H. The number of halogens is 1. The van der Waals surface area contributed by atoms with E-state index in [-0.39, 0.29) is 18.3 Å². The number of nitrogens with two attached hydrogens (primary N) is 1. The topological polar surface area (TPSA) is 115 Å². The van der Waals surface area contributed by atoms with Crippen molar-refractivity contribution in [3.05, 3.63) is 59.2 Å². The SMILES string of the molecule is CCCCCCc1ccc(C(=O)NCCn2cc(CCCCCc3c[nH]c(N)n3)nn2)cc1.Cl. The number of aromatic nitrogens is 5. The summed E-state index contributed by atoms with van der Waals surface area (Å²) in [5.41, 5.74) is 9.58. The molecule has 2 aromatic heterocycles. The molecule has 9 heteroatoms. The first-order valence-corrected chi connectivity index (χ1v) is 12.2. The number of nitrogens with one attached hydrogen (secondary N) is 2. The summed E-state index contributed by atoms with van der Waals surface area (Å²) in [6, 6.07) is 7.96. The zero-order chi connectivity index (χ0) is 23.3. The lowest BCUT2D eigenvalue weighted by molar-refractivity contribution is 0.0952. The number of hydrogen-bond donors (Lipinski definition) is 3. The lowest BCUT2D eigenvalue weighted by Gasteiger charge is -2.06. The zero-order valence-corrected chi connectivity index (χ0v) is 20.9. The summed E-state index contributed by atoms with van der Waals surface area (Å²) in [4.78, 5) is 19.5. The summed E-state index contributed by atoms with van der Waals surface area (Å²) in [6.45, 7) is 3.35. The van der Waals surface area contributed by atoms with Crippen LogP contribution in [0.3, 0.4) is 0 Å². The minimum Gasteiger partial charge on any atom is -0.369 e. The van der Waals surface area contributed by atoms with E-state index in [0.29, 0.717) is 24.6 Å². The number of aryl methyl sites for hydroxylation is 3. The molecule has 8 nitrogen and oxygen atoms in total. The molecule has 3 rings (SSSR count). The maximum atomic E-state index is 12.4. The van der Waals surface area contributed by atoms with Gasteiger partial charge in [-0.3, -0.25) is 9.48 Å². The van der Waals surface area contributed by atoms with Crippen molar-refractivity contribution in [2.24, 2.45) is 0 Å². The molecule has 0 fully saturated rings. The highest BCUT2D eigenvalue weighted by Gasteiger charge is 2.06. The van der Waals surface area contributed by atoms with Gasteiger partial charge in [0.15, 0.2) is 5.95 Å². The Morgan fingerprint density at radius 1 is 1.00 bits per heavy atom. The van der Waals surface area contributed by atoms with Gasteiger partial charge in [0.2, 0.25) is 0 Å². The number of rotatable bonds is 15. The van der Waals surface area contributed by atoms with Crippen LogP contribution in [0, 0.1) is 0 Å². The van der Waals surface area contributed by atoms with Crippen LogP contribution in [0.2, 0.25) is 0 Å². The normalized spacial score (nSPS) is 10.7. The number of amides is 1. The molecule has 0 saturated heterocycles. The monoisotopic (exact) mass is 487 g/mol. The molecule has 4 N–H and O–H groups in total. The molecule has 0 radical (unpaired) electrons. The molecule has 0 unspecified atom stereocenters. The number of H-pyrrole nitrogens is 1. The van der Waals surface area contributed by atoms with Crippen molar-refractivity contribution in [1.29, 1.82) is 0 Å². The van der Waals surface area contributed by atoms with Gasteiger partial charge in [-0.25, -0.2) is 4.98 Å². The van der Waals surface area contributed by atoms with Crippen LogP contribution in [-0.2, 0) is 25.8 Å². The van der Waals surface area contributed by atoms with Crippen molar-refractivity contribution in [3.8, 4) is 0 Å². The zero-order valence-electron chi connectivity index (χ0n) is 20.1. The van der Waals surface area contributed by atoms with Gasteiger partial charge in [-0.2, -0.15) is 0 Å². The van der Waals surface area contributed by atoms with E-state index in [2.05, 4.69) is 44.7 Å². The van der Waals surface area contributed by atoms with Gasteiger partial charge in [-0.1, -0.05) is 50.0 Å². The third-order valence-corrected chi connectivity index (χ3v) is 5.76. The van der Waals surface area contributed by atoms with Crippen molar-refractivity contribution in [2.75, 3.05) is 12.3 Å². The molecule has 34 heavy (non-hydrogen) atoms. The molecular weight excluding hydrogens is 450 g/mol. The van der Waals surface area contributed by atoms with Crippen molar-refractivity contribution >= 4 is 24.3 Å². The number of nitrogens with zero attached hydrogens (tertiary/aromatic N) is 4. The molecular formula is C25H38ClN7O. The number of imidazole rings is 1. The van der Waals surface area contributed by atoms with Gasteiger partial charge < -0.3 is 16.0 Å². The fraction of sp³-hybridized carbons (Fsp3) is 0.520. The Labute approximate surface area is 208 Å². The van der Waals surface area contributed by atoms with Crippen LogP contribution in [0.4, 0.5) is 5.95 Å². The molecule has 1 amide bonds. The summed E-state index contributed by atoms with van der Waals surface area (Å²) < 4.78 is 1.79. The van der Waals surface area contributed by atoms with Crippen LogP contribution in [-0.4, -0.2) is 37.4 Å². The Morgan fingerprint density at radius 3 is 2.41 bits per heavy atom. The molecule has 2 heterocycles. The second-order valence-corrected chi connectivity index (χ2v) is 8.57. The predicted molar refractivity (Wildman–Crippen MR) is 138 cm³/mol. The largest absolute Gasteiger partial charge is 0.369 e. The number of anilines is 1.